The highest BCUT2D eigenvalue weighted by molar-refractivity contribution is 5.01. The molecular formula is C6H9F2N. The van der Waals surface area contributed by atoms with E-state index in [1.54, 1.807) is 0 Å². The van der Waals surface area contributed by atoms with E-state index < -0.39 is 5.92 Å². The van der Waals surface area contributed by atoms with Crippen LogP contribution in [0.4, 0.5) is 8.78 Å². The molecule has 3 aliphatic rings. The smallest absolute Gasteiger partial charge is 0.256 e. The van der Waals surface area contributed by atoms with Gasteiger partial charge in [0.2, 0.25) is 0 Å². The lowest BCUT2D eigenvalue weighted by atomic mass is 9.68. The molecule has 2 atom stereocenters. The van der Waals surface area contributed by atoms with Crippen LogP contribution >= 0.6 is 0 Å². The topological polar surface area (TPSA) is 12.0 Å². The number of piperidine rings is 2. The first-order valence-corrected chi connectivity index (χ1v) is 3.30. The second-order valence-electron chi connectivity index (χ2n) is 2.96. The standard InChI is InChI=1S/C6H9F2N/c7-6(8)4-1-5(6)3-9-2-4/h4-5,9H,1-3H2/t4-,5-/m0/s1. The number of halogens is 2. The van der Waals surface area contributed by atoms with Crippen LogP contribution in [0.25, 0.3) is 0 Å². The van der Waals surface area contributed by atoms with Crippen molar-refractivity contribution in [2.45, 2.75) is 12.3 Å². The molecule has 2 saturated heterocycles. The second-order valence-corrected chi connectivity index (χ2v) is 2.96. The number of fused-ring (bicyclic) bond motifs is 2. The lowest BCUT2D eigenvalue weighted by Gasteiger charge is -2.49. The fourth-order valence-electron chi connectivity index (χ4n) is 1.70. The number of hydrogen-bond acceptors (Lipinski definition) is 1. The molecule has 3 rings (SSSR count). The Labute approximate surface area is 52.4 Å². The van der Waals surface area contributed by atoms with Gasteiger partial charge in [-0.05, 0) is 6.42 Å². The summed E-state index contributed by atoms with van der Waals surface area (Å²) in [7, 11) is 0. The summed E-state index contributed by atoms with van der Waals surface area (Å²) in [6, 6.07) is 0. The van der Waals surface area contributed by atoms with Crippen LogP contribution in [0, 0.1) is 11.8 Å². The van der Waals surface area contributed by atoms with Gasteiger partial charge in [0, 0.05) is 24.9 Å². The van der Waals surface area contributed by atoms with Gasteiger partial charge in [-0.3, -0.25) is 0 Å². The van der Waals surface area contributed by atoms with Gasteiger partial charge in [0.1, 0.15) is 0 Å². The zero-order valence-electron chi connectivity index (χ0n) is 5.03. The van der Waals surface area contributed by atoms with Gasteiger partial charge in [-0.2, -0.15) is 0 Å². The molecular weight excluding hydrogens is 124 g/mol. The fraction of sp³-hybridized carbons (Fsp3) is 1.00. The van der Waals surface area contributed by atoms with E-state index in [2.05, 4.69) is 5.32 Å². The van der Waals surface area contributed by atoms with Crippen LogP contribution < -0.4 is 5.32 Å². The fourth-order valence-corrected chi connectivity index (χ4v) is 1.70. The predicted molar refractivity (Wildman–Crippen MR) is 29.4 cm³/mol. The molecule has 0 radical (unpaired) electrons. The molecule has 0 aromatic heterocycles. The first-order valence-electron chi connectivity index (χ1n) is 3.30. The lowest BCUT2D eigenvalue weighted by Crippen LogP contribution is -2.61. The van der Waals surface area contributed by atoms with Crippen molar-refractivity contribution in [2.75, 3.05) is 13.1 Å². The maximum Gasteiger partial charge on any atom is 0.256 e. The van der Waals surface area contributed by atoms with Crippen molar-refractivity contribution in [3.8, 4) is 0 Å². The van der Waals surface area contributed by atoms with Crippen LogP contribution in [-0.4, -0.2) is 19.0 Å². The molecule has 1 N–H and O–H groups in total. The van der Waals surface area contributed by atoms with Gasteiger partial charge in [0.15, 0.2) is 0 Å². The van der Waals surface area contributed by atoms with Crippen molar-refractivity contribution in [2.24, 2.45) is 11.8 Å². The highest BCUT2D eigenvalue weighted by atomic mass is 19.3. The summed E-state index contributed by atoms with van der Waals surface area (Å²) < 4.78 is 25.2. The van der Waals surface area contributed by atoms with Gasteiger partial charge in [-0.25, -0.2) is 8.78 Å². The van der Waals surface area contributed by atoms with E-state index in [0.29, 0.717) is 13.1 Å². The van der Waals surface area contributed by atoms with Gasteiger partial charge in [0.25, 0.3) is 5.92 Å². The molecule has 1 nitrogen and oxygen atoms in total. The molecule has 1 aliphatic carbocycles. The summed E-state index contributed by atoms with van der Waals surface area (Å²) in [6.45, 7) is 1.03. The zero-order valence-corrected chi connectivity index (χ0v) is 5.03. The van der Waals surface area contributed by atoms with Crippen LogP contribution in [0.2, 0.25) is 0 Å². The summed E-state index contributed by atoms with van der Waals surface area (Å²) in [6.07, 6.45) is 0.736. The van der Waals surface area contributed by atoms with Crippen molar-refractivity contribution < 1.29 is 8.78 Å². The predicted octanol–water partition coefficient (Wildman–Crippen LogP) is 0.861. The van der Waals surface area contributed by atoms with Crippen LogP contribution in [0.5, 0.6) is 0 Å². The van der Waals surface area contributed by atoms with Crippen LogP contribution in [0.3, 0.4) is 0 Å². The van der Waals surface area contributed by atoms with Gasteiger partial charge < -0.3 is 5.32 Å². The Hall–Kier alpha value is -0.180. The largest absolute Gasteiger partial charge is 0.316 e. The second kappa shape index (κ2) is 1.45. The molecule has 9 heavy (non-hydrogen) atoms. The average Bonchev–Trinajstić information content (AvgIpc) is 1.89. The van der Waals surface area contributed by atoms with E-state index in [0.717, 1.165) is 6.42 Å². The van der Waals surface area contributed by atoms with Crippen molar-refractivity contribution in [3.63, 3.8) is 0 Å². The molecule has 2 bridgehead atoms. The molecule has 3 heteroatoms. The Balaban J connectivity index is 2.13. The minimum absolute atomic E-state index is 0.351. The number of nitrogens with one attached hydrogen (secondary N) is 1. The van der Waals surface area contributed by atoms with Crippen molar-refractivity contribution in [1.82, 2.24) is 5.32 Å². The number of rotatable bonds is 0. The third kappa shape index (κ3) is 0.556. The Morgan fingerprint density at radius 2 is 1.78 bits per heavy atom. The summed E-state index contributed by atoms with van der Waals surface area (Å²) in [5.41, 5.74) is 0. The van der Waals surface area contributed by atoms with Crippen LogP contribution in [0.1, 0.15) is 6.42 Å². The Morgan fingerprint density at radius 1 is 1.22 bits per heavy atom. The van der Waals surface area contributed by atoms with E-state index in [4.69, 9.17) is 0 Å². The van der Waals surface area contributed by atoms with E-state index in [9.17, 15) is 8.78 Å². The van der Waals surface area contributed by atoms with E-state index in [-0.39, 0.29) is 11.8 Å². The van der Waals surface area contributed by atoms with Gasteiger partial charge in [-0.1, -0.05) is 0 Å². The average molecular weight is 133 g/mol. The van der Waals surface area contributed by atoms with Gasteiger partial charge in [-0.15, -0.1) is 0 Å². The first-order chi connectivity index (χ1) is 4.21. The maximum absolute atomic E-state index is 12.6. The highest BCUT2D eigenvalue weighted by Crippen LogP contribution is 2.50. The maximum atomic E-state index is 12.6. The van der Waals surface area contributed by atoms with Crippen molar-refractivity contribution in [3.05, 3.63) is 0 Å². The molecule has 1 saturated carbocycles. The van der Waals surface area contributed by atoms with Crippen LogP contribution in [0.15, 0.2) is 0 Å². The highest BCUT2D eigenvalue weighted by Gasteiger charge is 2.58. The molecule has 0 amide bonds. The van der Waals surface area contributed by atoms with E-state index >= 15 is 0 Å². The lowest BCUT2D eigenvalue weighted by molar-refractivity contribution is -0.200. The van der Waals surface area contributed by atoms with Crippen LogP contribution in [-0.2, 0) is 0 Å². The molecule has 2 heterocycles. The summed E-state index contributed by atoms with van der Waals surface area (Å²) in [4.78, 5) is 0. The first kappa shape index (κ1) is 5.59. The molecule has 0 unspecified atom stereocenters. The third-order valence-electron chi connectivity index (χ3n) is 2.44. The molecule has 2 aliphatic heterocycles. The van der Waals surface area contributed by atoms with Gasteiger partial charge in [0.05, 0.1) is 0 Å². The minimum Gasteiger partial charge on any atom is -0.316 e. The van der Waals surface area contributed by atoms with Gasteiger partial charge >= 0.3 is 0 Å². The Bertz CT molecular complexity index is 119. The van der Waals surface area contributed by atoms with Crippen molar-refractivity contribution in [1.29, 1.82) is 0 Å². The molecule has 52 valence electrons. The number of hydrogen-bond donors (Lipinski definition) is 1. The quantitative estimate of drug-likeness (QED) is 0.516. The molecule has 0 spiro atoms. The summed E-state index contributed by atoms with van der Waals surface area (Å²) >= 11 is 0. The summed E-state index contributed by atoms with van der Waals surface area (Å²) in [5, 5.41) is 2.96. The zero-order chi connectivity index (χ0) is 6.48. The minimum atomic E-state index is -2.33. The Morgan fingerprint density at radius 3 is 2.00 bits per heavy atom. The van der Waals surface area contributed by atoms with E-state index in [1.165, 1.54) is 0 Å². The third-order valence-corrected chi connectivity index (χ3v) is 2.44. The van der Waals surface area contributed by atoms with Crippen molar-refractivity contribution >= 4 is 0 Å². The molecule has 3 fully saturated rings. The SMILES string of the molecule is FC1(F)[C@@H]2CNC[C@@H]1C2. The van der Waals surface area contributed by atoms with E-state index in [1.807, 2.05) is 0 Å². The monoisotopic (exact) mass is 133 g/mol. The number of alkyl halides is 2. The molecule has 0 aromatic carbocycles. The Kier molecular flexibility index (Phi) is 0.903. The normalized spacial score (nSPS) is 46.0. The summed E-state index contributed by atoms with van der Waals surface area (Å²) in [5.74, 6) is -3.03. The molecule has 0 aromatic rings.